The summed E-state index contributed by atoms with van der Waals surface area (Å²) in [5.74, 6) is 1.37. The summed E-state index contributed by atoms with van der Waals surface area (Å²) in [5, 5.41) is 2.90. The van der Waals surface area contributed by atoms with Crippen LogP contribution < -0.4 is 5.32 Å². The van der Waals surface area contributed by atoms with E-state index in [1.165, 1.54) is 23.4 Å². The topological polar surface area (TPSA) is 55.1 Å². The highest BCUT2D eigenvalue weighted by Gasteiger charge is 2.14. The number of rotatable bonds is 7. The maximum atomic E-state index is 13.9. The molecule has 0 fully saturated rings. The molecule has 6 heteroatoms. The summed E-state index contributed by atoms with van der Waals surface area (Å²) in [4.78, 5) is 16.4. The van der Waals surface area contributed by atoms with Crippen LogP contribution in [0.15, 0.2) is 52.9 Å². The molecule has 3 aromatic rings. The summed E-state index contributed by atoms with van der Waals surface area (Å²) >= 11 is 1.45. The summed E-state index contributed by atoms with van der Waals surface area (Å²) < 4.78 is 19.5. The number of benzene rings is 2. The zero-order valence-electron chi connectivity index (χ0n) is 15.3. The first kappa shape index (κ1) is 19.2. The number of oxazole rings is 1. The van der Waals surface area contributed by atoms with E-state index in [0.717, 1.165) is 11.3 Å². The van der Waals surface area contributed by atoms with Gasteiger partial charge < -0.3 is 9.73 Å². The molecule has 2 aromatic carbocycles. The fraction of sp³-hybridized carbons (Fsp3) is 0.238. The molecule has 3 rings (SSSR count). The largest absolute Gasteiger partial charge is 0.441 e. The molecule has 0 aliphatic heterocycles. The van der Waals surface area contributed by atoms with E-state index in [0.29, 0.717) is 29.4 Å². The Morgan fingerprint density at radius 2 is 1.89 bits per heavy atom. The Bertz CT molecular complexity index is 922. The van der Waals surface area contributed by atoms with Crippen molar-refractivity contribution in [3.05, 3.63) is 76.9 Å². The molecule has 1 N–H and O–H groups in total. The van der Waals surface area contributed by atoms with Crippen LogP contribution in [0.3, 0.4) is 0 Å². The predicted octanol–water partition coefficient (Wildman–Crippen LogP) is 4.65. The monoisotopic (exact) mass is 384 g/mol. The Kier molecular flexibility index (Phi) is 6.29. The number of hydrogen-bond acceptors (Lipinski definition) is 4. The number of nitrogens with one attached hydrogen (secondary N) is 1. The van der Waals surface area contributed by atoms with Crippen molar-refractivity contribution in [1.82, 2.24) is 10.3 Å². The Morgan fingerprint density at radius 1 is 1.15 bits per heavy atom. The van der Waals surface area contributed by atoms with Crippen molar-refractivity contribution in [2.24, 2.45) is 0 Å². The molecule has 27 heavy (non-hydrogen) atoms. The third kappa shape index (κ3) is 5.20. The van der Waals surface area contributed by atoms with Gasteiger partial charge in [-0.05, 0) is 31.5 Å². The third-order valence-corrected chi connectivity index (χ3v) is 5.02. The molecule has 0 spiro atoms. The molecule has 1 aromatic heterocycles. The molecular formula is C21H21FN2O2S. The van der Waals surface area contributed by atoms with E-state index in [4.69, 9.17) is 4.42 Å². The first-order valence-electron chi connectivity index (χ1n) is 8.64. The van der Waals surface area contributed by atoms with Crippen LogP contribution in [0.4, 0.5) is 4.39 Å². The average molecular weight is 384 g/mol. The number of carbonyl (C=O) groups excluding carboxylic acids is 1. The van der Waals surface area contributed by atoms with Gasteiger partial charge in [0, 0.05) is 12.3 Å². The third-order valence-electron chi connectivity index (χ3n) is 4.08. The van der Waals surface area contributed by atoms with Gasteiger partial charge in [-0.3, -0.25) is 4.79 Å². The van der Waals surface area contributed by atoms with Gasteiger partial charge in [-0.2, -0.15) is 0 Å². The van der Waals surface area contributed by atoms with E-state index in [1.807, 2.05) is 31.2 Å². The van der Waals surface area contributed by atoms with E-state index < -0.39 is 0 Å². The molecule has 4 nitrogen and oxygen atoms in total. The molecule has 0 atom stereocenters. The summed E-state index contributed by atoms with van der Waals surface area (Å²) in [6, 6.07) is 14.4. The van der Waals surface area contributed by atoms with Crippen molar-refractivity contribution in [3.63, 3.8) is 0 Å². The summed E-state index contributed by atoms with van der Waals surface area (Å²) in [6.45, 7) is 4.34. The van der Waals surface area contributed by atoms with Gasteiger partial charge in [0.2, 0.25) is 11.8 Å². The molecule has 0 radical (unpaired) electrons. The van der Waals surface area contributed by atoms with E-state index >= 15 is 0 Å². The maximum Gasteiger partial charge on any atom is 0.230 e. The van der Waals surface area contributed by atoms with Crippen LogP contribution in [-0.2, 0) is 17.1 Å². The number of aromatic nitrogens is 1. The molecule has 140 valence electrons. The average Bonchev–Trinajstić information content (AvgIpc) is 3.02. The van der Waals surface area contributed by atoms with Gasteiger partial charge in [0.05, 0.1) is 17.0 Å². The minimum Gasteiger partial charge on any atom is -0.441 e. The van der Waals surface area contributed by atoms with E-state index in [9.17, 15) is 9.18 Å². The van der Waals surface area contributed by atoms with Crippen molar-refractivity contribution >= 4 is 17.7 Å². The van der Waals surface area contributed by atoms with Gasteiger partial charge in [0.1, 0.15) is 11.6 Å². The second kappa shape index (κ2) is 8.86. The SMILES string of the molecule is Cc1ccc(CNC(=O)CSCc2nc(-c3ccccc3F)oc2C)cc1. The molecule has 0 aliphatic carbocycles. The second-order valence-corrected chi connectivity index (χ2v) is 7.24. The van der Waals surface area contributed by atoms with Crippen molar-refractivity contribution in [1.29, 1.82) is 0 Å². The molecular weight excluding hydrogens is 363 g/mol. The highest BCUT2D eigenvalue weighted by atomic mass is 32.2. The molecule has 0 aliphatic rings. The smallest absolute Gasteiger partial charge is 0.230 e. The van der Waals surface area contributed by atoms with E-state index in [2.05, 4.69) is 10.3 Å². The van der Waals surface area contributed by atoms with Gasteiger partial charge in [-0.15, -0.1) is 11.8 Å². The van der Waals surface area contributed by atoms with E-state index in [-0.39, 0.29) is 17.6 Å². The number of carbonyl (C=O) groups is 1. The number of thioether (sulfide) groups is 1. The fourth-order valence-corrected chi connectivity index (χ4v) is 3.36. The molecule has 0 bridgehead atoms. The Morgan fingerprint density at radius 3 is 2.63 bits per heavy atom. The lowest BCUT2D eigenvalue weighted by atomic mass is 10.1. The summed E-state index contributed by atoms with van der Waals surface area (Å²) in [6.07, 6.45) is 0. The Hall–Kier alpha value is -2.60. The molecule has 1 heterocycles. The number of hydrogen-bond donors (Lipinski definition) is 1. The van der Waals surface area contributed by atoms with Gasteiger partial charge >= 0.3 is 0 Å². The second-order valence-electron chi connectivity index (χ2n) is 6.26. The first-order valence-corrected chi connectivity index (χ1v) is 9.79. The fourth-order valence-electron chi connectivity index (χ4n) is 2.51. The van der Waals surface area contributed by atoms with Crippen LogP contribution in [0.2, 0.25) is 0 Å². The molecule has 0 saturated heterocycles. The first-order chi connectivity index (χ1) is 13.0. The highest BCUT2D eigenvalue weighted by Crippen LogP contribution is 2.26. The summed E-state index contributed by atoms with van der Waals surface area (Å²) in [5.41, 5.74) is 3.33. The van der Waals surface area contributed by atoms with Crippen molar-refractivity contribution in [3.8, 4) is 11.5 Å². The minimum atomic E-state index is -0.367. The van der Waals surface area contributed by atoms with Gasteiger partial charge in [0.25, 0.3) is 0 Å². The van der Waals surface area contributed by atoms with Crippen LogP contribution >= 0.6 is 11.8 Å². The highest BCUT2D eigenvalue weighted by molar-refractivity contribution is 7.99. The molecule has 0 saturated carbocycles. The zero-order valence-corrected chi connectivity index (χ0v) is 16.1. The summed E-state index contributed by atoms with van der Waals surface area (Å²) in [7, 11) is 0. The van der Waals surface area contributed by atoms with Crippen molar-refractivity contribution in [2.75, 3.05) is 5.75 Å². The van der Waals surface area contributed by atoms with Gasteiger partial charge in [-0.25, -0.2) is 9.37 Å². The number of amides is 1. The quantitative estimate of drug-likeness (QED) is 0.644. The maximum absolute atomic E-state index is 13.9. The number of aryl methyl sites for hydroxylation is 2. The lowest BCUT2D eigenvalue weighted by molar-refractivity contribution is -0.118. The van der Waals surface area contributed by atoms with Crippen LogP contribution in [0.1, 0.15) is 22.6 Å². The minimum absolute atomic E-state index is 0.0314. The van der Waals surface area contributed by atoms with E-state index in [1.54, 1.807) is 25.1 Å². The lowest BCUT2D eigenvalue weighted by Gasteiger charge is -2.05. The lowest BCUT2D eigenvalue weighted by Crippen LogP contribution is -2.24. The zero-order chi connectivity index (χ0) is 19.2. The molecule has 0 unspecified atom stereocenters. The van der Waals surface area contributed by atoms with Crippen LogP contribution in [0, 0.1) is 19.7 Å². The van der Waals surface area contributed by atoms with Crippen molar-refractivity contribution < 1.29 is 13.6 Å². The molecule has 1 amide bonds. The van der Waals surface area contributed by atoms with Crippen LogP contribution in [0.5, 0.6) is 0 Å². The predicted molar refractivity (Wildman–Crippen MR) is 106 cm³/mol. The normalized spacial score (nSPS) is 10.8. The number of nitrogens with zero attached hydrogens (tertiary/aromatic N) is 1. The Balaban J connectivity index is 1.49. The van der Waals surface area contributed by atoms with Gasteiger partial charge in [0.15, 0.2) is 0 Å². The van der Waals surface area contributed by atoms with Crippen LogP contribution in [0.25, 0.3) is 11.5 Å². The standard InChI is InChI=1S/C21H21FN2O2S/c1-14-7-9-16(10-8-14)11-23-20(25)13-27-12-19-15(2)26-21(24-19)17-5-3-4-6-18(17)22/h3-10H,11-13H2,1-2H3,(H,23,25). The Labute approximate surface area is 162 Å². The number of halogens is 1. The van der Waals surface area contributed by atoms with Gasteiger partial charge in [-0.1, -0.05) is 42.0 Å². The van der Waals surface area contributed by atoms with Crippen LogP contribution in [-0.4, -0.2) is 16.6 Å². The van der Waals surface area contributed by atoms with Crippen molar-refractivity contribution in [2.45, 2.75) is 26.1 Å².